The molecule has 4 heteroatoms. The number of hydrogen-bond donors (Lipinski definition) is 0. The van der Waals surface area contributed by atoms with Crippen molar-refractivity contribution >= 4 is 11.9 Å². The summed E-state index contributed by atoms with van der Waals surface area (Å²) in [5, 5.41) is 0. The first kappa shape index (κ1) is 13.5. The number of alkyl halides is 2. The van der Waals surface area contributed by atoms with Crippen LogP contribution in [0.25, 0.3) is 6.08 Å². The Labute approximate surface area is 120 Å². The van der Waals surface area contributed by atoms with Gasteiger partial charge in [-0.15, -0.1) is 0 Å². The highest BCUT2D eigenvalue weighted by molar-refractivity contribution is 6.15. The zero-order chi connectivity index (χ0) is 14.8. The second-order valence-corrected chi connectivity index (χ2v) is 4.78. The third-order valence-corrected chi connectivity index (χ3v) is 3.38. The molecule has 2 aromatic rings. The van der Waals surface area contributed by atoms with Gasteiger partial charge in [0, 0.05) is 17.6 Å². The molecule has 2 nitrogen and oxygen atoms in total. The molecule has 0 heterocycles. The summed E-state index contributed by atoms with van der Waals surface area (Å²) >= 11 is 0. The molecule has 106 valence electrons. The summed E-state index contributed by atoms with van der Waals surface area (Å²) in [6.45, 7) is -2.83. The summed E-state index contributed by atoms with van der Waals surface area (Å²) < 4.78 is 28.4. The van der Waals surface area contributed by atoms with Gasteiger partial charge in [0.15, 0.2) is 5.78 Å². The average molecular weight is 286 g/mol. The Morgan fingerprint density at radius 3 is 2.43 bits per heavy atom. The van der Waals surface area contributed by atoms with Crippen LogP contribution in [0, 0.1) is 0 Å². The fraction of sp³-hybridized carbons (Fsp3) is 0.118. The summed E-state index contributed by atoms with van der Waals surface area (Å²) in [6, 6.07) is 13.7. The standard InChI is InChI=1S/C17H12F2O2/c18-17(19)21-14-7-5-11(6-8-14)9-13-10-12-3-1-2-4-15(12)16(13)20/h1-9,17H,10H2. The summed E-state index contributed by atoms with van der Waals surface area (Å²) in [6.07, 6.45) is 2.39. The Kier molecular flexibility index (Phi) is 3.52. The van der Waals surface area contributed by atoms with Crippen molar-refractivity contribution in [2.45, 2.75) is 13.0 Å². The number of ether oxygens (including phenoxy) is 1. The molecular formula is C17H12F2O2. The molecule has 0 radical (unpaired) electrons. The number of allylic oxidation sites excluding steroid dienone is 1. The number of benzene rings is 2. The van der Waals surface area contributed by atoms with Crippen molar-refractivity contribution in [2.24, 2.45) is 0 Å². The highest BCUT2D eigenvalue weighted by atomic mass is 19.3. The monoisotopic (exact) mass is 286 g/mol. The highest BCUT2D eigenvalue weighted by Crippen LogP contribution is 2.27. The van der Waals surface area contributed by atoms with E-state index in [1.54, 1.807) is 18.2 Å². The van der Waals surface area contributed by atoms with Crippen LogP contribution in [0.5, 0.6) is 5.75 Å². The van der Waals surface area contributed by atoms with Gasteiger partial charge in [-0.05, 0) is 29.3 Å². The third-order valence-electron chi connectivity index (χ3n) is 3.38. The first-order chi connectivity index (χ1) is 10.1. The van der Waals surface area contributed by atoms with E-state index in [2.05, 4.69) is 4.74 Å². The average Bonchev–Trinajstić information content (AvgIpc) is 2.78. The molecule has 1 aliphatic carbocycles. The van der Waals surface area contributed by atoms with E-state index in [4.69, 9.17) is 0 Å². The Morgan fingerprint density at radius 2 is 1.76 bits per heavy atom. The molecule has 21 heavy (non-hydrogen) atoms. The minimum absolute atomic E-state index is 0.0264. The van der Waals surface area contributed by atoms with Crippen LogP contribution in [-0.2, 0) is 6.42 Å². The summed E-state index contributed by atoms with van der Waals surface area (Å²) in [4.78, 5) is 12.2. The van der Waals surface area contributed by atoms with Gasteiger partial charge in [0.25, 0.3) is 0 Å². The Bertz CT molecular complexity index is 703. The van der Waals surface area contributed by atoms with Crippen LogP contribution in [0.1, 0.15) is 21.5 Å². The van der Waals surface area contributed by atoms with Gasteiger partial charge >= 0.3 is 6.61 Å². The molecule has 0 fully saturated rings. The molecule has 0 N–H and O–H groups in total. The fourth-order valence-electron chi connectivity index (χ4n) is 2.42. The smallest absolute Gasteiger partial charge is 0.387 e. The predicted molar refractivity (Wildman–Crippen MR) is 75.5 cm³/mol. The second-order valence-electron chi connectivity index (χ2n) is 4.78. The number of fused-ring (bicyclic) bond motifs is 1. The minimum atomic E-state index is -2.83. The Balaban J connectivity index is 1.82. The fourth-order valence-corrected chi connectivity index (χ4v) is 2.42. The van der Waals surface area contributed by atoms with Gasteiger partial charge in [-0.25, -0.2) is 0 Å². The van der Waals surface area contributed by atoms with E-state index in [1.165, 1.54) is 12.1 Å². The van der Waals surface area contributed by atoms with Crippen molar-refractivity contribution in [1.82, 2.24) is 0 Å². The normalized spacial score (nSPS) is 15.6. The van der Waals surface area contributed by atoms with E-state index in [0.717, 1.165) is 16.7 Å². The van der Waals surface area contributed by atoms with Crippen molar-refractivity contribution in [1.29, 1.82) is 0 Å². The first-order valence-electron chi connectivity index (χ1n) is 6.51. The molecule has 0 aromatic heterocycles. The predicted octanol–water partition coefficient (Wildman–Crippen LogP) is 4.11. The van der Waals surface area contributed by atoms with Crippen LogP contribution < -0.4 is 4.74 Å². The van der Waals surface area contributed by atoms with Crippen LogP contribution in [0.15, 0.2) is 54.1 Å². The van der Waals surface area contributed by atoms with Crippen LogP contribution in [0.3, 0.4) is 0 Å². The number of carbonyl (C=O) groups excluding carboxylic acids is 1. The molecule has 3 rings (SSSR count). The first-order valence-corrected chi connectivity index (χ1v) is 6.51. The van der Waals surface area contributed by atoms with E-state index < -0.39 is 6.61 Å². The summed E-state index contributed by atoms with van der Waals surface area (Å²) in [5.41, 5.74) is 3.25. The van der Waals surface area contributed by atoms with Gasteiger partial charge in [-0.1, -0.05) is 36.4 Å². The molecule has 0 saturated heterocycles. The Hall–Kier alpha value is -2.49. The molecular weight excluding hydrogens is 274 g/mol. The summed E-state index contributed by atoms with van der Waals surface area (Å²) in [5.74, 6) is 0.131. The van der Waals surface area contributed by atoms with Crippen molar-refractivity contribution in [2.75, 3.05) is 0 Å². The lowest BCUT2D eigenvalue weighted by Crippen LogP contribution is -2.01. The quantitative estimate of drug-likeness (QED) is 0.794. The highest BCUT2D eigenvalue weighted by Gasteiger charge is 2.23. The number of Topliss-reactive ketones (excluding diaryl/α,β-unsaturated/α-hetero) is 1. The van der Waals surface area contributed by atoms with Gasteiger partial charge in [-0.2, -0.15) is 8.78 Å². The number of halogens is 2. The van der Waals surface area contributed by atoms with E-state index in [1.807, 2.05) is 24.3 Å². The summed E-state index contributed by atoms with van der Waals surface area (Å²) in [7, 11) is 0. The molecule has 0 bridgehead atoms. The molecule has 0 unspecified atom stereocenters. The number of rotatable bonds is 3. The molecule has 0 amide bonds. The van der Waals surface area contributed by atoms with Gasteiger partial charge in [-0.3, -0.25) is 4.79 Å². The largest absolute Gasteiger partial charge is 0.435 e. The van der Waals surface area contributed by atoms with Gasteiger partial charge < -0.3 is 4.74 Å². The van der Waals surface area contributed by atoms with E-state index in [0.29, 0.717) is 12.0 Å². The second kappa shape index (κ2) is 5.48. The van der Waals surface area contributed by atoms with Crippen LogP contribution in [0.2, 0.25) is 0 Å². The lowest BCUT2D eigenvalue weighted by atomic mass is 10.1. The lowest BCUT2D eigenvalue weighted by Gasteiger charge is -2.04. The maximum Gasteiger partial charge on any atom is 0.387 e. The topological polar surface area (TPSA) is 26.3 Å². The van der Waals surface area contributed by atoms with Crippen molar-refractivity contribution in [3.63, 3.8) is 0 Å². The molecule has 1 aliphatic rings. The molecule has 2 aromatic carbocycles. The zero-order valence-corrected chi connectivity index (χ0v) is 11.1. The van der Waals surface area contributed by atoms with Gasteiger partial charge in [0.2, 0.25) is 0 Å². The maximum atomic E-state index is 12.2. The van der Waals surface area contributed by atoms with E-state index in [-0.39, 0.29) is 11.5 Å². The molecule has 0 atom stereocenters. The molecule has 0 spiro atoms. The molecule has 0 aliphatic heterocycles. The van der Waals surface area contributed by atoms with Crippen molar-refractivity contribution in [3.05, 3.63) is 70.8 Å². The van der Waals surface area contributed by atoms with Crippen molar-refractivity contribution < 1.29 is 18.3 Å². The lowest BCUT2D eigenvalue weighted by molar-refractivity contribution is -0.0498. The van der Waals surface area contributed by atoms with Crippen molar-refractivity contribution in [3.8, 4) is 5.75 Å². The van der Waals surface area contributed by atoms with Crippen LogP contribution in [-0.4, -0.2) is 12.4 Å². The SMILES string of the molecule is O=C1C(=Cc2ccc(OC(F)F)cc2)Cc2ccccc21. The molecule has 0 saturated carbocycles. The van der Waals surface area contributed by atoms with E-state index >= 15 is 0 Å². The number of ketones is 1. The van der Waals surface area contributed by atoms with Gasteiger partial charge in [0.1, 0.15) is 5.75 Å². The van der Waals surface area contributed by atoms with Gasteiger partial charge in [0.05, 0.1) is 0 Å². The van der Waals surface area contributed by atoms with Crippen LogP contribution in [0.4, 0.5) is 8.78 Å². The van der Waals surface area contributed by atoms with E-state index in [9.17, 15) is 13.6 Å². The third kappa shape index (κ3) is 2.84. The zero-order valence-electron chi connectivity index (χ0n) is 11.1. The van der Waals surface area contributed by atoms with Crippen LogP contribution >= 0.6 is 0 Å². The maximum absolute atomic E-state index is 12.2. The number of carbonyl (C=O) groups is 1. The number of hydrogen-bond acceptors (Lipinski definition) is 2. The minimum Gasteiger partial charge on any atom is -0.435 e. The Morgan fingerprint density at radius 1 is 1.05 bits per heavy atom.